The maximum atomic E-state index is 10.9. The summed E-state index contributed by atoms with van der Waals surface area (Å²) >= 11 is 0. The fraction of sp³-hybridized carbons (Fsp3) is 0.562. The van der Waals surface area contributed by atoms with E-state index in [1.807, 2.05) is 18.2 Å². The number of likely N-dealkylation sites (tertiary alicyclic amines) is 1. The molecule has 104 valence electrons. The minimum absolute atomic E-state index is 0.121. The van der Waals surface area contributed by atoms with Gasteiger partial charge in [0.25, 0.3) is 0 Å². The maximum absolute atomic E-state index is 10.9. The largest absolute Gasteiger partial charge is 0.481 e. The predicted molar refractivity (Wildman–Crippen MR) is 76.1 cm³/mol. The summed E-state index contributed by atoms with van der Waals surface area (Å²) in [6.45, 7) is 6.55. The Balaban J connectivity index is 2.12. The fourth-order valence-corrected chi connectivity index (χ4v) is 3.07. The van der Waals surface area contributed by atoms with Crippen molar-refractivity contribution in [2.24, 2.45) is 5.92 Å². The maximum Gasteiger partial charge on any atom is 0.307 e. The van der Waals surface area contributed by atoms with Crippen LogP contribution in [0.15, 0.2) is 24.3 Å². The summed E-state index contributed by atoms with van der Waals surface area (Å²) in [5, 5.41) is 8.98. The van der Waals surface area contributed by atoms with Crippen molar-refractivity contribution in [1.29, 1.82) is 0 Å². The van der Waals surface area contributed by atoms with Crippen LogP contribution in [0, 0.1) is 5.92 Å². The van der Waals surface area contributed by atoms with E-state index in [9.17, 15) is 4.79 Å². The molecule has 3 heteroatoms. The van der Waals surface area contributed by atoms with Crippen molar-refractivity contribution in [2.75, 3.05) is 6.54 Å². The quantitative estimate of drug-likeness (QED) is 0.886. The van der Waals surface area contributed by atoms with Gasteiger partial charge in [-0.3, -0.25) is 9.69 Å². The Morgan fingerprint density at radius 2 is 2.05 bits per heavy atom. The smallest absolute Gasteiger partial charge is 0.307 e. The van der Waals surface area contributed by atoms with E-state index in [1.54, 1.807) is 0 Å². The van der Waals surface area contributed by atoms with Crippen molar-refractivity contribution in [3.05, 3.63) is 35.4 Å². The second kappa shape index (κ2) is 6.20. The zero-order valence-electron chi connectivity index (χ0n) is 11.8. The Hall–Kier alpha value is -1.35. The van der Waals surface area contributed by atoms with E-state index in [0.29, 0.717) is 12.0 Å². The van der Waals surface area contributed by atoms with Gasteiger partial charge in [-0.25, -0.2) is 0 Å². The average Bonchev–Trinajstić information content (AvgIpc) is 2.79. The van der Waals surface area contributed by atoms with Gasteiger partial charge in [-0.15, -0.1) is 0 Å². The lowest BCUT2D eigenvalue weighted by molar-refractivity contribution is -0.136. The summed E-state index contributed by atoms with van der Waals surface area (Å²) in [5.41, 5.74) is 2.11. The molecule has 1 N–H and O–H groups in total. The Bertz CT molecular complexity index is 442. The number of benzene rings is 1. The molecule has 0 aromatic heterocycles. The summed E-state index contributed by atoms with van der Waals surface area (Å²) in [5.74, 6) is -0.0941. The van der Waals surface area contributed by atoms with Gasteiger partial charge in [0.05, 0.1) is 6.42 Å². The minimum Gasteiger partial charge on any atom is -0.481 e. The van der Waals surface area contributed by atoms with Crippen molar-refractivity contribution in [3.8, 4) is 0 Å². The highest BCUT2D eigenvalue weighted by Gasteiger charge is 2.27. The van der Waals surface area contributed by atoms with Crippen LogP contribution in [0.2, 0.25) is 0 Å². The first-order valence-corrected chi connectivity index (χ1v) is 7.10. The van der Waals surface area contributed by atoms with Crippen LogP contribution in [-0.4, -0.2) is 28.6 Å². The van der Waals surface area contributed by atoms with Crippen LogP contribution in [-0.2, 0) is 17.8 Å². The Kier molecular flexibility index (Phi) is 4.59. The summed E-state index contributed by atoms with van der Waals surface area (Å²) in [4.78, 5) is 13.4. The van der Waals surface area contributed by atoms with Crippen LogP contribution < -0.4 is 0 Å². The molecule has 1 aromatic carbocycles. The van der Waals surface area contributed by atoms with Gasteiger partial charge in [-0.1, -0.05) is 38.1 Å². The third-order valence-electron chi connectivity index (χ3n) is 4.02. The van der Waals surface area contributed by atoms with Gasteiger partial charge in [0.2, 0.25) is 0 Å². The SMILES string of the molecule is CC(C)C1CCCN1Cc1ccccc1CC(=O)O. The second-order valence-corrected chi connectivity index (χ2v) is 5.76. The van der Waals surface area contributed by atoms with E-state index < -0.39 is 5.97 Å². The first-order valence-electron chi connectivity index (χ1n) is 7.10. The molecule has 0 aliphatic carbocycles. The summed E-state index contributed by atoms with van der Waals surface area (Å²) < 4.78 is 0. The van der Waals surface area contributed by atoms with Crippen LogP contribution in [0.3, 0.4) is 0 Å². The molecule has 1 fully saturated rings. The van der Waals surface area contributed by atoms with Crippen molar-refractivity contribution >= 4 is 5.97 Å². The van der Waals surface area contributed by atoms with Crippen molar-refractivity contribution < 1.29 is 9.90 Å². The highest BCUT2D eigenvalue weighted by Crippen LogP contribution is 2.26. The van der Waals surface area contributed by atoms with Gasteiger partial charge in [0.15, 0.2) is 0 Å². The van der Waals surface area contributed by atoms with Gasteiger partial charge >= 0.3 is 5.97 Å². The summed E-state index contributed by atoms with van der Waals surface area (Å²) in [6.07, 6.45) is 2.64. The molecule has 1 saturated heterocycles. The first kappa shape index (κ1) is 14.1. The number of aliphatic carboxylic acids is 1. The number of hydrogen-bond acceptors (Lipinski definition) is 2. The predicted octanol–water partition coefficient (Wildman–Crippen LogP) is 2.93. The summed E-state index contributed by atoms with van der Waals surface area (Å²) in [6, 6.07) is 8.56. The number of carboxylic acid groups (broad SMARTS) is 1. The lowest BCUT2D eigenvalue weighted by Crippen LogP contribution is -2.33. The van der Waals surface area contributed by atoms with E-state index in [2.05, 4.69) is 24.8 Å². The molecule has 0 bridgehead atoms. The van der Waals surface area contributed by atoms with Crippen molar-refractivity contribution in [2.45, 2.75) is 45.7 Å². The summed E-state index contributed by atoms with van der Waals surface area (Å²) in [7, 11) is 0. The molecule has 2 rings (SSSR count). The average molecular weight is 261 g/mol. The van der Waals surface area contributed by atoms with E-state index in [4.69, 9.17) is 5.11 Å². The molecule has 19 heavy (non-hydrogen) atoms. The monoisotopic (exact) mass is 261 g/mol. The van der Waals surface area contributed by atoms with Gasteiger partial charge in [-0.05, 0) is 36.4 Å². The Morgan fingerprint density at radius 1 is 1.37 bits per heavy atom. The molecule has 3 nitrogen and oxygen atoms in total. The van der Waals surface area contributed by atoms with Gasteiger partial charge in [-0.2, -0.15) is 0 Å². The molecule has 0 saturated carbocycles. The third kappa shape index (κ3) is 3.57. The van der Waals surface area contributed by atoms with Crippen LogP contribution in [0.5, 0.6) is 0 Å². The van der Waals surface area contributed by atoms with Crippen LogP contribution >= 0.6 is 0 Å². The van der Waals surface area contributed by atoms with Crippen molar-refractivity contribution in [3.63, 3.8) is 0 Å². The van der Waals surface area contributed by atoms with Gasteiger partial charge in [0, 0.05) is 12.6 Å². The molecule has 1 aliphatic rings. The standard InChI is InChI=1S/C16H23NO2/c1-12(2)15-8-5-9-17(15)11-14-7-4-3-6-13(14)10-16(18)19/h3-4,6-7,12,15H,5,8-11H2,1-2H3,(H,18,19). The highest BCUT2D eigenvalue weighted by atomic mass is 16.4. The van der Waals surface area contributed by atoms with E-state index in [0.717, 1.165) is 24.2 Å². The molecular weight excluding hydrogens is 238 g/mol. The first-order chi connectivity index (χ1) is 9.08. The topological polar surface area (TPSA) is 40.5 Å². The number of carboxylic acids is 1. The number of rotatable bonds is 5. The Labute approximate surface area is 115 Å². The number of hydrogen-bond donors (Lipinski definition) is 1. The Morgan fingerprint density at radius 3 is 2.68 bits per heavy atom. The molecule has 0 spiro atoms. The normalized spacial score (nSPS) is 20.1. The van der Waals surface area contributed by atoms with Gasteiger partial charge < -0.3 is 5.11 Å². The van der Waals surface area contributed by atoms with E-state index >= 15 is 0 Å². The molecule has 0 radical (unpaired) electrons. The molecule has 1 atom stereocenters. The molecule has 1 aromatic rings. The number of carbonyl (C=O) groups is 1. The number of nitrogens with zero attached hydrogens (tertiary/aromatic N) is 1. The second-order valence-electron chi connectivity index (χ2n) is 5.76. The van der Waals surface area contributed by atoms with E-state index in [1.165, 1.54) is 12.8 Å². The van der Waals surface area contributed by atoms with Crippen molar-refractivity contribution in [1.82, 2.24) is 4.90 Å². The minimum atomic E-state index is -0.755. The van der Waals surface area contributed by atoms with Crippen LogP contribution in [0.1, 0.15) is 37.8 Å². The van der Waals surface area contributed by atoms with Crippen LogP contribution in [0.25, 0.3) is 0 Å². The molecule has 1 heterocycles. The zero-order valence-corrected chi connectivity index (χ0v) is 11.8. The highest BCUT2D eigenvalue weighted by molar-refractivity contribution is 5.70. The lowest BCUT2D eigenvalue weighted by atomic mass is 10.00. The van der Waals surface area contributed by atoms with Crippen LogP contribution in [0.4, 0.5) is 0 Å². The van der Waals surface area contributed by atoms with E-state index in [-0.39, 0.29) is 6.42 Å². The lowest BCUT2D eigenvalue weighted by Gasteiger charge is -2.28. The molecule has 1 unspecified atom stereocenters. The molecule has 0 amide bonds. The zero-order chi connectivity index (χ0) is 13.8. The van der Waals surface area contributed by atoms with Gasteiger partial charge in [0.1, 0.15) is 0 Å². The fourth-order valence-electron chi connectivity index (χ4n) is 3.07. The third-order valence-corrected chi connectivity index (χ3v) is 4.02. The molecule has 1 aliphatic heterocycles. The molecular formula is C16H23NO2.